The minimum Gasteiger partial charge on any atom is -0.458 e. The first-order chi connectivity index (χ1) is 8.59. The zero-order chi connectivity index (χ0) is 12.7. The number of ether oxygens (including phenoxy) is 2. The highest BCUT2D eigenvalue weighted by atomic mass is 16.6. The van der Waals surface area contributed by atoms with Crippen LogP contribution in [0.1, 0.15) is 12.8 Å². The molecule has 1 saturated heterocycles. The molecule has 5 aliphatic rings. The summed E-state index contributed by atoms with van der Waals surface area (Å²) in [6.07, 6.45) is 1.57. The van der Waals surface area contributed by atoms with Crippen LogP contribution in [0.15, 0.2) is 12.7 Å². The lowest BCUT2D eigenvalue weighted by Gasteiger charge is -2.65. The number of esters is 2. The van der Waals surface area contributed by atoms with Gasteiger partial charge >= 0.3 is 11.9 Å². The normalized spacial score (nSPS) is 53.4. The first-order valence-corrected chi connectivity index (χ1v) is 6.04. The van der Waals surface area contributed by atoms with Crippen LogP contribution < -0.4 is 0 Å². The minimum absolute atomic E-state index is 0.0275. The highest BCUT2D eigenvalue weighted by Gasteiger charge is 2.91. The average molecular weight is 245 g/mol. The molecule has 4 saturated carbocycles. The molecule has 5 fully saturated rings. The zero-order valence-electron chi connectivity index (χ0n) is 9.59. The predicted molar refractivity (Wildman–Crippen MR) is 56.7 cm³/mol. The number of nitriles is 1. The van der Waals surface area contributed by atoms with Crippen LogP contribution in [-0.2, 0) is 19.1 Å². The Balaban J connectivity index is 1.71. The van der Waals surface area contributed by atoms with Gasteiger partial charge in [0.25, 0.3) is 0 Å². The molecule has 1 spiro atoms. The van der Waals surface area contributed by atoms with Crippen LogP contribution in [0.4, 0.5) is 0 Å². The Kier molecular flexibility index (Phi) is 1.47. The molecule has 0 aromatic heterocycles. The summed E-state index contributed by atoms with van der Waals surface area (Å²) in [7, 11) is 0. The lowest BCUT2D eigenvalue weighted by Crippen LogP contribution is -2.73. The summed E-state index contributed by atoms with van der Waals surface area (Å²) in [5, 5.41) is 9.34. The molecule has 0 radical (unpaired) electrons. The van der Waals surface area contributed by atoms with Gasteiger partial charge in [0.05, 0.1) is 17.4 Å². The maximum atomic E-state index is 11.8. The second-order valence-electron chi connectivity index (χ2n) is 5.75. The van der Waals surface area contributed by atoms with Crippen molar-refractivity contribution in [2.75, 3.05) is 0 Å². The lowest BCUT2D eigenvalue weighted by atomic mass is 9.39. The summed E-state index contributed by atoms with van der Waals surface area (Å²) < 4.78 is 10.6. The molecule has 4 aliphatic carbocycles. The summed E-state index contributed by atoms with van der Waals surface area (Å²) >= 11 is 0. The van der Waals surface area contributed by atoms with Crippen LogP contribution in [0.5, 0.6) is 0 Å². The van der Waals surface area contributed by atoms with Gasteiger partial charge in [0, 0.05) is 17.4 Å². The Labute approximate surface area is 103 Å². The fourth-order valence-electron chi connectivity index (χ4n) is 4.85. The van der Waals surface area contributed by atoms with Gasteiger partial charge in [-0.2, -0.15) is 5.26 Å². The highest BCUT2D eigenvalue weighted by Crippen LogP contribution is 2.84. The fourth-order valence-corrected chi connectivity index (χ4v) is 4.85. The van der Waals surface area contributed by atoms with Gasteiger partial charge in [0.15, 0.2) is 0 Å². The van der Waals surface area contributed by atoms with E-state index >= 15 is 0 Å². The number of hydrogen-bond donors (Lipinski definition) is 0. The number of nitrogens with zero attached hydrogens (tertiary/aromatic N) is 1. The van der Waals surface area contributed by atoms with E-state index in [4.69, 9.17) is 9.47 Å². The van der Waals surface area contributed by atoms with E-state index in [1.807, 2.05) is 0 Å². The SMILES string of the molecule is C=CC(=O)OC1C2OC(=O)C3CC4(C#N)CC32C14. The Morgan fingerprint density at radius 3 is 3.11 bits per heavy atom. The first-order valence-electron chi connectivity index (χ1n) is 6.04. The van der Waals surface area contributed by atoms with Crippen LogP contribution in [0.25, 0.3) is 0 Å². The monoisotopic (exact) mass is 245 g/mol. The summed E-state index contributed by atoms with van der Waals surface area (Å²) in [6.45, 7) is 3.35. The van der Waals surface area contributed by atoms with Gasteiger partial charge in [-0.15, -0.1) is 0 Å². The van der Waals surface area contributed by atoms with E-state index in [2.05, 4.69) is 12.6 Å². The summed E-state index contributed by atoms with van der Waals surface area (Å²) in [6, 6.07) is 2.33. The molecule has 0 amide bonds. The van der Waals surface area contributed by atoms with Crippen LogP contribution in [-0.4, -0.2) is 24.1 Å². The Morgan fingerprint density at radius 2 is 2.44 bits per heavy atom. The fraction of sp³-hybridized carbons (Fsp3) is 0.615. The zero-order valence-corrected chi connectivity index (χ0v) is 9.59. The largest absolute Gasteiger partial charge is 0.458 e. The Bertz CT molecular complexity index is 550. The minimum atomic E-state index is -0.520. The van der Waals surface area contributed by atoms with E-state index in [0.717, 1.165) is 6.08 Å². The predicted octanol–water partition coefficient (Wildman–Crippen LogP) is 0.559. The van der Waals surface area contributed by atoms with E-state index < -0.39 is 17.5 Å². The molecule has 2 bridgehead atoms. The van der Waals surface area contributed by atoms with Gasteiger partial charge in [0.1, 0.15) is 12.2 Å². The van der Waals surface area contributed by atoms with Crippen molar-refractivity contribution in [3.05, 3.63) is 12.7 Å². The molecule has 0 aromatic carbocycles. The van der Waals surface area contributed by atoms with Crippen LogP contribution in [0.2, 0.25) is 0 Å². The maximum absolute atomic E-state index is 11.8. The quantitative estimate of drug-likeness (QED) is 0.524. The summed E-state index contributed by atoms with van der Waals surface area (Å²) in [5.41, 5.74) is -0.689. The third kappa shape index (κ3) is 0.726. The van der Waals surface area contributed by atoms with E-state index in [-0.39, 0.29) is 29.3 Å². The van der Waals surface area contributed by atoms with Gasteiger partial charge in [-0.1, -0.05) is 6.58 Å². The summed E-state index contributed by atoms with van der Waals surface area (Å²) in [5.74, 6) is -0.934. The van der Waals surface area contributed by atoms with E-state index in [0.29, 0.717) is 12.8 Å². The third-order valence-corrected chi connectivity index (χ3v) is 5.34. The van der Waals surface area contributed by atoms with Crippen molar-refractivity contribution in [2.45, 2.75) is 25.0 Å². The molecular weight excluding hydrogens is 234 g/mol. The molecule has 1 heterocycles. The lowest BCUT2D eigenvalue weighted by molar-refractivity contribution is -0.275. The number of rotatable bonds is 2. The molecule has 5 nitrogen and oxygen atoms in total. The molecule has 5 rings (SSSR count). The Morgan fingerprint density at radius 1 is 1.67 bits per heavy atom. The second-order valence-corrected chi connectivity index (χ2v) is 5.75. The molecule has 0 N–H and O–H groups in total. The molecule has 6 unspecified atom stereocenters. The van der Waals surface area contributed by atoms with Crippen LogP contribution in [0, 0.1) is 34.0 Å². The number of carbonyl (C=O) groups is 2. The molecule has 92 valence electrons. The van der Waals surface area contributed by atoms with Gasteiger partial charge in [-0.05, 0) is 12.8 Å². The first kappa shape index (κ1) is 10.1. The van der Waals surface area contributed by atoms with Crippen molar-refractivity contribution in [2.24, 2.45) is 22.7 Å². The number of hydrogen-bond acceptors (Lipinski definition) is 5. The van der Waals surface area contributed by atoms with Gasteiger partial charge < -0.3 is 9.47 Å². The van der Waals surface area contributed by atoms with Crippen molar-refractivity contribution >= 4 is 11.9 Å². The van der Waals surface area contributed by atoms with Crippen molar-refractivity contribution in [3.63, 3.8) is 0 Å². The Hall–Kier alpha value is -1.83. The molecule has 0 aromatic rings. The molecule has 6 atom stereocenters. The average Bonchev–Trinajstić information content (AvgIpc) is 2.90. The van der Waals surface area contributed by atoms with Crippen LogP contribution in [0.3, 0.4) is 0 Å². The standard InChI is InChI=1S/C13H11NO4/c1-2-7(15)17-8-9-12(5-14)3-6-11(16)18-10(8)13(6,9)4-12/h2,6,8-10H,1,3-4H2. The van der Waals surface area contributed by atoms with Gasteiger partial charge in [-0.3, -0.25) is 4.79 Å². The summed E-state index contributed by atoms with van der Waals surface area (Å²) in [4.78, 5) is 23.1. The van der Waals surface area contributed by atoms with Crippen LogP contribution >= 0.6 is 0 Å². The molecular formula is C13H11NO4. The van der Waals surface area contributed by atoms with E-state index in [1.165, 1.54) is 0 Å². The maximum Gasteiger partial charge on any atom is 0.330 e. The van der Waals surface area contributed by atoms with Gasteiger partial charge in [-0.25, -0.2) is 4.79 Å². The number of carbonyl (C=O) groups excluding carboxylic acids is 2. The van der Waals surface area contributed by atoms with Crippen molar-refractivity contribution < 1.29 is 19.1 Å². The highest BCUT2D eigenvalue weighted by molar-refractivity contribution is 5.83. The topological polar surface area (TPSA) is 76.4 Å². The molecule has 5 heteroatoms. The van der Waals surface area contributed by atoms with Crippen molar-refractivity contribution in [3.8, 4) is 6.07 Å². The van der Waals surface area contributed by atoms with E-state index in [1.54, 1.807) is 0 Å². The van der Waals surface area contributed by atoms with Crippen molar-refractivity contribution in [1.82, 2.24) is 0 Å². The van der Waals surface area contributed by atoms with Crippen molar-refractivity contribution in [1.29, 1.82) is 5.26 Å². The third-order valence-electron chi connectivity index (χ3n) is 5.34. The molecule has 18 heavy (non-hydrogen) atoms. The second kappa shape index (κ2) is 2.61. The van der Waals surface area contributed by atoms with Gasteiger partial charge in [0.2, 0.25) is 0 Å². The van der Waals surface area contributed by atoms with E-state index in [9.17, 15) is 14.9 Å². The smallest absolute Gasteiger partial charge is 0.330 e. The molecule has 1 aliphatic heterocycles.